The second-order valence-corrected chi connectivity index (χ2v) is 3.66. The lowest BCUT2D eigenvalue weighted by Crippen LogP contribution is -2.21. The van der Waals surface area contributed by atoms with E-state index >= 15 is 0 Å². The lowest BCUT2D eigenvalue weighted by molar-refractivity contribution is 0.215. The summed E-state index contributed by atoms with van der Waals surface area (Å²) in [6, 6.07) is 5.45. The smallest absolute Gasteiger partial charge is 0.162 e. The Morgan fingerprint density at radius 2 is 2.12 bits per heavy atom. The monoisotopic (exact) mass is 225 g/mol. The highest BCUT2D eigenvalue weighted by atomic mass is 16.5. The summed E-state index contributed by atoms with van der Waals surface area (Å²) in [5.41, 5.74) is 0.807. The highest BCUT2D eigenvalue weighted by molar-refractivity contribution is 5.45. The highest BCUT2D eigenvalue weighted by Crippen LogP contribution is 2.30. The number of likely N-dealkylation sites (N-methyl/N-ethyl adjacent to an activating group) is 1. The van der Waals surface area contributed by atoms with Gasteiger partial charge in [0.1, 0.15) is 0 Å². The molecule has 16 heavy (non-hydrogen) atoms. The Kier molecular flexibility index (Phi) is 5.08. The normalized spacial score (nSPS) is 10.8. The number of aromatic hydroxyl groups is 1. The second-order valence-electron chi connectivity index (χ2n) is 3.66. The summed E-state index contributed by atoms with van der Waals surface area (Å²) in [6.07, 6.45) is 0. The van der Waals surface area contributed by atoms with E-state index in [0.29, 0.717) is 25.4 Å². The number of hydrogen-bond donors (Lipinski definition) is 2. The topological polar surface area (TPSA) is 52.9 Å². The van der Waals surface area contributed by atoms with Gasteiger partial charge < -0.3 is 14.9 Å². The SMILES string of the molecule is CCOc1cccc(CN(C)CCO)c1O. The van der Waals surface area contributed by atoms with E-state index in [2.05, 4.69) is 0 Å². The summed E-state index contributed by atoms with van der Waals surface area (Å²) in [7, 11) is 1.89. The predicted octanol–water partition coefficient (Wildman–Crippen LogP) is 1.21. The van der Waals surface area contributed by atoms with Gasteiger partial charge in [-0.3, -0.25) is 4.90 Å². The number of aliphatic hydroxyl groups is 1. The van der Waals surface area contributed by atoms with Crippen molar-refractivity contribution in [2.24, 2.45) is 0 Å². The number of aliphatic hydroxyl groups excluding tert-OH is 1. The largest absolute Gasteiger partial charge is 0.504 e. The lowest BCUT2D eigenvalue weighted by atomic mass is 10.1. The van der Waals surface area contributed by atoms with Gasteiger partial charge in [-0.2, -0.15) is 0 Å². The van der Waals surface area contributed by atoms with Crippen LogP contribution < -0.4 is 4.74 Å². The molecule has 0 aliphatic carbocycles. The molecule has 0 radical (unpaired) electrons. The third-order valence-corrected chi connectivity index (χ3v) is 2.30. The van der Waals surface area contributed by atoms with Crippen molar-refractivity contribution in [3.63, 3.8) is 0 Å². The molecule has 0 saturated heterocycles. The van der Waals surface area contributed by atoms with Gasteiger partial charge in [-0.05, 0) is 20.0 Å². The summed E-state index contributed by atoms with van der Waals surface area (Å²) >= 11 is 0. The minimum Gasteiger partial charge on any atom is -0.504 e. The average Bonchev–Trinajstić information content (AvgIpc) is 2.24. The first kappa shape index (κ1) is 12.8. The third kappa shape index (κ3) is 3.40. The van der Waals surface area contributed by atoms with Crippen molar-refractivity contribution in [3.8, 4) is 11.5 Å². The molecule has 1 aromatic rings. The van der Waals surface area contributed by atoms with Crippen LogP contribution in [0.3, 0.4) is 0 Å². The number of phenolic OH excluding ortho intramolecular Hbond substituents is 1. The van der Waals surface area contributed by atoms with E-state index in [1.807, 2.05) is 31.0 Å². The fraction of sp³-hybridized carbons (Fsp3) is 0.500. The first-order valence-electron chi connectivity index (χ1n) is 5.42. The number of ether oxygens (including phenoxy) is 1. The Morgan fingerprint density at radius 3 is 2.75 bits per heavy atom. The summed E-state index contributed by atoms with van der Waals surface area (Å²) in [4.78, 5) is 1.94. The average molecular weight is 225 g/mol. The van der Waals surface area contributed by atoms with Gasteiger partial charge >= 0.3 is 0 Å². The minimum atomic E-state index is 0.114. The quantitative estimate of drug-likeness (QED) is 0.764. The zero-order valence-electron chi connectivity index (χ0n) is 9.81. The van der Waals surface area contributed by atoms with Gasteiger partial charge in [0.15, 0.2) is 11.5 Å². The van der Waals surface area contributed by atoms with Crippen LogP contribution in [-0.2, 0) is 6.54 Å². The van der Waals surface area contributed by atoms with E-state index in [9.17, 15) is 5.11 Å². The Hall–Kier alpha value is -1.26. The Morgan fingerprint density at radius 1 is 1.38 bits per heavy atom. The summed E-state index contributed by atoms with van der Waals surface area (Å²) < 4.78 is 5.30. The van der Waals surface area contributed by atoms with Gasteiger partial charge in [-0.15, -0.1) is 0 Å². The number of benzene rings is 1. The van der Waals surface area contributed by atoms with Crippen molar-refractivity contribution in [1.82, 2.24) is 4.90 Å². The van der Waals surface area contributed by atoms with Gasteiger partial charge in [0.05, 0.1) is 13.2 Å². The molecule has 0 bridgehead atoms. The Bertz CT molecular complexity index is 328. The number of phenols is 1. The molecule has 4 heteroatoms. The number of rotatable bonds is 6. The Balaban J connectivity index is 2.76. The molecule has 0 aromatic heterocycles. The summed E-state index contributed by atoms with van der Waals surface area (Å²) in [5.74, 6) is 0.700. The molecule has 1 rings (SSSR count). The molecule has 0 atom stereocenters. The molecule has 1 aromatic carbocycles. The van der Waals surface area contributed by atoms with Crippen molar-refractivity contribution < 1.29 is 14.9 Å². The molecular weight excluding hydrogens is 206 g/mol. The van der Waals surface area contributed by atoms with Crippen molar-refractivity contribution in [1.29, 1.82) is 0 Å². The fourth-order valence-electron chi connectivity index (χ4n) is 1.51. The summed E-state index contributed by atoms with van der Waals surface area (Å²) in [6.45, 7) is 3.70. The maximum Gasteiger partial charge on any atom is 0.162 e. The van der Waals surface area contributed by atoms with E-state index in [-0.39, 0.29) is 12.4 Å². The van der Waals surface area contributed by atoms with Gasteiger partial charge in [0, 0.05) is 18.7 Å². The molecule has 0 unspecified atom stereocenters. The van der Waals surface area contributed by atoms with Crippen LogP contribution >= 0.6 is 0 Å². The van der Waals surface area contributed by atoms with Crippen molar-refractivity contribution >= 4 is 0 Å². The standard InChI is InChI=1S/C12H19NO3/c1-3-16-11-6-4-5-10(12(11)15)9-13(2)7-8-14/h4-6,14-15H,3,7-9H2,1-2H3. The summed E-state index contributed by atoms with van der Waals surface area (Å²) in [5, 5.41) is 18.7. The fourth-order valence-corrected chi connectivity index (χ4v) is 1.51. The van der Waals surface area contributed by atoms with E-state index in [0.717, 1.165) is 5.56 Å². The van der Waals surface area contributed by atoms with Crippen LogP contribution in [0.2, 0.25) is 0 Å². The number of para-hydroxylation sites is 1. The predicted molar refractivity (Wildman–Crippen MR) is 62.7 cm³/mol. The first-order valence-corrected chi connectivity index (χ1v) is 5.42. The minimum absolute atomic E-state index is 0.114. The van der Waals surface area contributed by atoms with Crippen LogP contribution in [0.1, 0.15) is 12.5 Å². The number of nitrogens with zero attached hydrogens (tertiary/aromatic N) is 1. The lowest BCUT2D eigenvalue weighted by Gasteiger charge is -2.17. The molecule has 0 aliphatic rings. The molecule has 0 spiro atoms. The third-order valence-electron chi connectivity index (χ3n) is 2.30. The molecule has 90 valence electrons. The highest BCUT2D eigenvalue weighted by Gasteiger charge is 2.09. The maximum absolute atomic E-state index is 9.92. The molecule has 0 heterocycles. The van der Waals surface area contributed by atoms with E-state index < -0.39 is 0 Å². The van der Waals surface area contributed by atoms with E-state index in [1.54, 1.807) is 6.07 Å². The zero-order valence-corrected chi connectivity index (χ0v) is 9.81. The van der Waals surface area contributed by atoms with Crippen LogP contribution in [0.5, 0.6) is 11.5 Å². The number of hydrogen-bond acceptors (Lipinski definition) is 4. The van der Waals surface area contributed by atoms with Crippen molar-refractivity contribution in [3.05, 3.63) is 23.8 Å². The zero-order chi connectivity index (χ0) is 12.0. The van der Waals surface area contributed by atoms with Crippen LogP contribution in [0.4, 0.5) is 0 Å². The van der Waals surface area contributed by atoms with Gasteiger partial charge in [0.25, 0.3) is 0 Å². The molecule has 4 nitrogen and oxygen atoms in total. The maximum atomic E-state index is 9.92. The van der Waals surface area contributed by atoms with Crippen LogP contribution in [0.25, 0.3) is 0 Å². The van der Waals surface area contributed by atoms with E-state index in [4.69, 9.17) is 9.84 Å². The van der Waals surface area contributed by atoms with E-state index in [1.165, 1.54) is 0 Å². The van der Waals surface area contributed by atoms with Gasteiger partial charge in [-0.25, -0.2) is 0 Å². The first-order chi connectivity index (χ1) is 7.69. The van der Waals surface area contributed by atoms with Crippen LogP contribution in [0.15, 0.2) is 18.2 Å². The molecular formula is C12H19NO3. The van der Waals surface area contributed by atoms with Crippen LogP contribution in [-0.4, -0.2) is 41.9 Å². The van der Waals surface area contributed by atoms with Crippen LogP contribution in [0, 0.1) is 0 Å². The Labute approximate surface area is 96.1 Å². The van der Waals surface area contributed by atoms with Crippen molar-refractivity contribution in [2.45, 2.75) is 13.5 Å². The van der Waals surface area contributed by atoms with Gasteiger partial charge in [-0.1, -0.05) is 12.1 Å². The molecule has 0 saturated carbocycles. The molecule has 0 aliphatic heterocycles. The molecule has 0 fully saturated rings. The van der Waals surface area contributed by atoms with Crippen molar-refractivity contribution in [2.75, 3.05) is 26.8 Å². The second kappa shape index (κ2) is 6.35. The molecule has 0 amide bonds. The molecule has 2 N–H and O–H groups in total. The van der Waals surface area contributed by atoms with Gasteiger partial charge in [0.2, 0.25) is 0 Å².